The van der Waals surface area contributed by atoms with Crippen LogP contribution in [0.25, 0.3) is 11.0 Å². The summed E-state index contributed by atoms with van der Waals surface area (Å²) in [4.78, 5) is 49.6. The second-order valence-electron chi connectivity index (χ2n) is 12.9. The molecule has 2 aromatic carbocycles. The molecule has 2 heterocycles. The number of aromatic nitrogens is 2. The van der Waals surface area contributed by atoms with E-state index in [0.29, 0.717) is 61.9 Å². The van der Waals surface area contributed by atoms with Crippen molar-refractivity contribution in [1.82, 2.24) is 19.4 Å². The average molecular weight is 614 g/mol. The maximum atomic E-state index is 13.3. The molecular formula is C34H43N7O4. The molecule has 1 N–H and O–H groups in total. The first-order valence-corrected chi connectivity index (χ1v) is 15.8. The third-order valence-corrected chi connectivity index (χ3v) is 8.57. The van der Waals surface area contributed by atoms with Crippen LogP contribution in [0.1, 0.15) is 68.8 Å². The van der Waals surface area contributed by atoms with E-state index in [2.05, 4.69) is 16.3 Å². The Hall–Kier alpha value is -4.43. The van der Waals surface area contributed by atoms with E-state index in [0.717, 1.165) is 36.9 Å². The fourth-order valence-electron chi connectivity index (χ4n) is 5.99. The Kier molecular flexibility index (Phi) is 9.73. The van der Waals surface area contributed by atoms with Gasteiger partial charge in [0.1, 0.15) is 5.60 Å². The number of carbonyl (C=O) groups excluding carboxylic acids is 3. The minimum atomic E-state index is -0.535. The molecule has 0 bridgehead atoms. The highest BCUT2D eigenvalue weighted by Crippen LogP contribution is 2.30. The van der Waals surface area contributed by atoms with Crippen LogP contribution in [-0.2, 0) is 16.1 Å². The number of ether oxygens (including phenoxy) is 1. The molecule has 1 aliphatic heterocycles. The van der Waals surface area contributed by atoms with Crippen LogP contribution in [0.15, 0.2) is 42.5 Å². The number of fused-ring (bicyclic) bond motifs is 1. The third kappa shape index (κ3) is 7.81. The lowest BCUT2D eigenvalue weighted by molar-refractivity contribution is -0.123. The Balaban J connectivity index is 1.34. The van der Waals surface area contributed by atoms with E-state index in [-0.39, 0.29) is 23.8 Å². The van der Waals surface area contributed by atoms with Crippen molar-refractivity contribution in [2.24, 2.45) is 5.92 Å². The first-order valence-electron chi connectivity index (χ1n) is 15.8. The largest absolute Gasteiger partial charge is 0.444 e. The number of rotatable bonds is 7. The zero-order chi connectivity index (χ0) is 32.1. The maximum Gasteiger partial charge on any atom is 0.410 e. The van der Waals surface area contributed by atoms with Crippen molar-refractivity contribution < 1.29 is 19.1 Å². The van der Waals surface area contributed by atoms with Gasteiger partial charge in [-0.25, -0.2) is 9.78 Å². The number of benzene rings is 2. The molecule has 0 unspecified atom stereocenters. The summed E-state index contributed by atoms with van der Waals surface area (Å²) in [7, 11) is 1.82. The summed E-state index contributed by atoms with van der Waals surface area (Å²) >= 11 is 0. The van der Waals surface area contributed by atoms with E-state index in [1.807, 2.05) is 50.6 Å². The first-order chi connectivity index (χ1) is 21.5. The Morgan fingerprint density at radius 2 is 1.69 bits per heavy atom. The number of hydrogen-bond donors (Lipinski definition) is 1. The molecule has 1 aliphatic carbocycles. The van der Waals surface area contributed by atoms with Crippen molar-refractivity contribution >= 4 is 40.6 Å². The topological polar surface area (TPSA) is 124 Å². The zero-order valence-corrected chi connectivity index (χ0v) is 26.7. The second kappa shape index (κ2) is 13.7. The van der Waals surface area contributed by atoms with Gasteiger partial charge in [0.25, 0.3) is 5.91 Å². The van der Waals surface area contributed by atoms with E-state index in [9.17, 15) is 14.4 Å². The average Bonchev–Trinajstić information content (AvgIpc) is 3.38. The van der Waals surface area contributed by atoms with Gasteiger partial charge in [0, 0.05) is 63.5 Å². The predicted octanol–water partition coefficient (Wildman–Crippen LogP) is 5.26. The van der Waals surface area contributed by atoms with Crippen LogP contribution < -0.4 is 10.2 Å². The third-order valence-electron chi connectivity index (χ3n) is 8.57. The van der Waals surface area contributed by atoms with Gasteiger partial charge in [-0.1, -0.05) is 19.3 Å². The van der Waals surface area contributed by atoms with Gasteiger partial charge in [-0.15, -0.1) is 0 Å². The van der Waals surface area contributed by atoms with Crippen molar-refractivity contribution in [2.75, 3.05) is 50.0 Å². The van der Waals surface area contributed by atoms with Crippen molar-refractivity contribution in [3.8, 4) is 6.07 Å². The van der Waals surface area contributed by atoms with E-state index in [4.69, 9.17) is 15.0 Å². The van der Waals surface area contributed by atoms with Crippen LogP contribution in [-0.4, -0.2) is 82.6 Å². The van der Waals surface area contributed by atoms with E-state index in [1.54, 1.807) is 34.1 Å². The number of imidazole rings is 1. The molecular weight excluding hydrogens is 570 g/mol. The molecule has 238 valence electrons. The fourth-order valence-corrected chi connectivity index (χ4v) is 5.99. The van der Waals surface area contributed by atoms with Crippen molar-refractivity contribution in [3.63, 3.8) is 0 Å². The Morgan fingerprint density at radius 1 is 1.00 bits per heavy atom. The lowest BCUT2D eigenvalue weighted by Crippen LogP contribution is -2.50. The summed E-state index contributed by atoms with van der Waals surface area (Å²) < 4.78 is 7.52. The highest BCUT2D eigenvalue weighted by molar-refractivity contribution is 6.04. The molecule has 11 heteroatoms. The van der Waals surface area contributed by atoms with Gasteiger partial charge in [0.2, 0.25) is 11.9 Å². The standard InChI is InChI=1S/C34H43N7O4/c1-34(2,3)45-33(44)40-19-16-39(17-20-40)18-21-41-29-15-14-27(38(4)31(43)26-8-6-5-7-9-26)22-28(29)36-32(41)37-30(42)25-12-10-24(23-35)11-13-25/h10-15,22,26H,5-9,16-21H2,1-4H3,(H,36,37,42). The summed E-state index contributed by atoms with van der Waals surface area (Å²) in [5.74, 6) is 0.264. The minimum absolute atomic E-state index is 0.0510. The Labute approximate surface area is 264 Å². The van der Waals surface area contributed by atoms with Gasteiger partial charge < -0.3 is 19.1 Å². The Bertz CT molecular complexity index is 1570. The van der Waals surface area contributed by atoms with E-state index in [1.165, 1.54) is 6.42 Å². The molecule has 5 rings (SSSR count). The molecule has 45 heavy (non-hydrogen) atoms. The van der Waals surface area contributed by atoms with Crippen molar-refractivity contribution in [3.05, 3.63) is 53.6 Å². The molecule has 1 saturated carbocycles. The van der Waals surface area contributed by atoms with Crippen LogP contribution in [0.5, 0.6) is 0 Å². The van der Waals surface area contributed by atoms with Crippen LogP contribution in [0.3, 0.4) is 0 Å². The first kappa shape index (κ1) is 32.0. The fraction of sp³-hybridized carbons (Fsp3) is 0.500. The van der Waals surface area contributed by atoms with Crippen LogP contribution in [0, 0.1) is 17.2 Å². The number of amides is 3. The number of nitriles is 1. The van der Waals surface area contributed by atoms with Crippen LogP contribution >= 0.6 is 0 Å². The van der Waals surface area contributed by atoms with E-state index < -0.39 is 5.60 Å². The Morgan fingerprint density at radius 3 is 2.33 bits per heavy atom. The SMILES string of the molecule is CN(C(=O)C1CCCCC1)c1ccc2c(c1)nc(NC(=O)c1ccc(C#N)cc1)n2CCN1CCN(C(=O)OC(C)(C)C)CC1. The zero-order valence-electron chi connectivity index (χ0n) is 26.7. The quantitative estimate of drug-likeness (QED) is 0.386. The molecule has 1 aromatic heterocycles. The number of hydrogen-bond acceptors (Lipinski definition) is 7. The number of anilines is 2. The van der Waals surface area contributed by atoms with Gasteiger partial charge in [0.15, 0.2) is 0 Å². The monoisotopic (exact) mass is 613 g/mol. The molecule has 0 radical (unpaired) electrons. The van der Waals surface area contributed by atoms with Crippen molar-refractivity contribution in [1.29, 1.82) is 5.26 Å². The normalized spacial score (nSPS) is 16.3. The number of piperazine rings is 1. The lowest BCUT2D eigenvalue weighted by Gasteiger charge is -2.35. The van der Waals surface area contributed by atoms with Gasteiger partial charge in [0.05, 0.1) is 22.7 Å². The summed E-state index contributed by atoms with van der Waals surface area (Å²) in [6.45, 7) is 9.41. The second-order valence-corrected chi connectivity index (χ2v) is 12.9. The van der Waals surface area contributed by atoms with Gasteiger partial charge in [-0.3, -0.25) is 19.8 Å². The maximum absolute atomic E-state index is 13.3. The number of nitrogens with one attached hydrogen (secondary N) is 1. The highest BCUT2D eigenvalue weighted by Gasteiger charge is 2.27. The molecule has 0 spiro atoms. The van der Waals surface area contributed by atoms with Gasteiger partial charge in [-0.2, -0.15) is 5.26 Å². The van der Waals surface area contributed by atoms with Crippen LogP contribution in [0.4, 0.5) is 16.4 Å². The smallest absolute Gasteiger partial charge is 0.410 e. The minimum Gasteiger partial charge on any atom is -0.444 e. The van der Waals surface area contributed by atoms with Crippen molar-refractivity contribution in [2.45, 2.75) is 65.0 Å². The van der Waals surface area contributed by atoms with Crippen LogP contribution in [0.2, 0.25) is 0 Å². The van der Waals surface area contributed by atoms with Gasteiger partial charge >= 0.3 is 6.09 Å². The lowest BCUT2D eigenvalue weighted by atomic mass is 9.88. The molecule has 3 amide bonds. The highest BCUT2D eigenvalue weighted by atomic mass is 16.6. The summed E-state index contributed by atoms with van der Waals surface area (Å²) in [5.41, 5.74) is 2.66. The molecule has 2 fully saturated rings. The molecule has 0 atom stereocenters. The number of carbonyl (C=O) groups is 3. The molecule has 1 saturated heterocycles. The molecule has 11 nitrogen and oxygen atoms in total. The summed E-state index contributed by atoms with van der Waals surface area (Å²) in [6, 6.07) is 14.3. The summed E-state index contributed by atoms with van der Waals surface area (Å²) in [6.07, 6.45) is 4.93. The molecule has 2 aliphatic rings. The van der Waals surface area contributed by atoms with Gasteiger partial charge in [-0.05, 0) is 76.1 Å². The predicted molar refractivity (Wildman–Crippen MR) is 173 cm³/mol. The van der Waals surface area contributed by atoms with E-state index >= 15 is 0 Å². The summed E-state index contributed by atoms with van der Waals surface area (Å²) in [5, 5.41) is 12.1. The molecule has 3 aromatic rings. The number of nitrogens with zero attached hydrogens (tertiary/aromatic N) is 6.